The number of rotatable bonds is 6. The predicted molar refractivity (Wildman–Crippen MR) is 75.5 cm³/mol. The van der Waals surface area contributed by atoms with Gasteiger partial charge in [-0.1, -0.05) is 6.07 Å². The van der Waals surface area contributed by atoms with Gasteiger partial charge in [0.05, 0.1) is 31.4 Å². The Morgan fingerprint density at radius 2 is 2.04 bits per heavy atom. The van der Waals surface area contributed by atoms with E-state index in [2.05, 4.69) is 5.32 Å². The molecule has 0 unspecified atom stereocenters. The molecule has 1 rings (SSSR count). The van der Waals surface area contributed by atoms with Gasteiger partial charge in [0.1, 0.15) is 5.82 Å². The van der Waals surface area contributed by atoms with E-state index in [0.29, 0.717) is 10.5 Å². The topological polar surface area (TPSA) is 72.8 Å². The monoisotopic (exact) mass is 338 g/mol. The quantitative estimate of drug-likeness (QED) is 0.697. The van der Waals surface area contributed by atoms with Gasteiger partial charge in [0.25, 0.3) is 0 Å². The number of aryl methyl sites for hydroxylation is 1. The van der Waals surface area contributed by atoms with Crippen molar-refractivity contribution in [3.8, 4) is 0 Å². The van der Waals surface area contributed by atoms with Gasteiger partial charge >= 0.3 is 12.2 Å². The summed E-state index contributed by atoms with van der Waals surface area (Å²) in [5.41, 5.74) is 0.432. The van der Waals surface area contributed by atoms with Crippen LogP contribution < -0.4 is 5.32 Å². The molecule has 0 aliphatic heterocycles. The first-order valence-electron chi connectivity index (χ1n) is 6.80. The summed E-state index contributed by atoms with van der Waals surface area (Å²) >= 11 is 0. The molecule has 0 spiro atoms. The van der Waals surface area contributed by atoms with Crippen LogP contribution in [-0.2, 0) is 0 Å². The lowest BCUT2D eigenvalue weighted by Crippen LogP contribution is -2.43. The summed E-state index contributed by atoms with van der Waals surface area (Å²) < 4.78 is 50.6. The highest BCUT2D eigenvalue weighted by Crippen LogP contribution is 2.21. The first-order valence-corrected chi connectivity index (χ1v) is 6.80. The molecule has 0 aromatic heterocycles. The second kappa shape index (κ2) is 8.11. The van der Waals surface area contributed by atoms with E-state index < -0.39 is 50.2 Å². The van der Waals surface area contributed by atoms with E-state index >= 15 is 0 Å². The predicted octanol–water partition coefficient (Wildman–Crippen LogP) is 2.27. The molecule has 23 heavy (non-hydrogen) atoms. The van der Waals surface area contributed by atoms with Gasteiger partial charge in [0.15, 0.2) is 0 Å². The highest BCUT2D eigenvalue weighted by atomic mass is 19.4. The molecule has 130 valence electrons. The highest BCUT2D eigenvalue weighted by molar-refractivity contribution is 5.89. The number of hydrogen-bond donors (Lipinski definition) is 3. The van der Waals surface area contributed by atoms with Gasteiger partial charge in [-0.05, 0) is 24.6 Å². The van der Waals surface area contributed by atoms with Crippen LogP contribution in [0.1, 0.15) is 12.0 Å². The fourth-order valence-corrected chi connectivity index (χ4v) is 1.77. The fraction of sp³-hybridized carbons (Fsp3) is 0.500. The fourth-order valence-electron chi connectivity index (χ4n) is 1.77. The number of benzene rings is 1. The van der Waals surface area contributed by atoms with Gasteiger partial charge in [0, 0.05) is 6.54 Å². The molecule has 0 saturated heterocycles. The lowest BCUT2D eigenvalue weighted by molar-refractivity contribution is -0.137. The Kier molecular flexibility index (Phi) is 6.77. The zero-order valence-corrected chi connectivity index (χ0v) is 12.4. The van der Waals surface area contributed by atoms with Crippen molar-refractivity contribution in [2.75, 3.05) is 25.0 Å². The number of halogens is 4. The van der Waals surface area contributed by atoms with Crippen molar-refractivity contribution in [3.05, 3.63) is 29.6 Å². The number of carbonyl (C=O) groups excluding carboxylic acids is 1. The van der Waals surface area contributed by atoms with Crippen molar-refractivity contribution in [2.24, 2.45) is 0 Å². The first-order chi connectivity index (χ1) is 10.6. The molecule has 1 aromatic carbocycles. The molecule has 0 aliphatic carbocycles. The van der Waals surface area contributed by atoms with Gasteiger partial charge < -0.3 is 20.4 Å². The minimum atomic E-state index is -4.49. The van der Waals surface area contributed by atoms with E-state index in [1.165, 1.54) is 12.1 Å². The Labute approximate surface area is 130 Å². The van der Waals surface area contributed by atoms with Crippen LogP contribution in [0.3, 0.4) is 0 Å². The summed E-state index contributed by atoms with van der Waals surface area (Å²) in [5.74, 6) is -0.725. The number of nitrogens with one attached hydrogen (secondary N) is 1. The molecular weight excluding hydrogens is 320 g/mol. The Bertz CT molecular complexity index is 537. The molecule has 5 nitrogen and oxygen atoms in total. The SMILES string of the molecule is Cc1ccc(NC(=O)N(CCC(F)(F)F)C[C@H](O)CO)c(F)c1. The molecule has 2 amide bonds. The third-order valence-corrected chi connectivity index (χ3v) is 2.96. The van der Waals surface area contributed by atoms with Crippen LogP contribution in [0, 0.1) is 12.7 Å². The number of amides is 2. The van der Waals surface area contributed by atoms with Crippen LogP contribution in [0.5, 0.6) is 0 Å². The van der Waals surface area contributed by atoms with Gasteiger partial charge in [0.2, 0.25) is 0 Å². The van der Waals surface area contributed by atoms with Crippen molar-refractivity contribution in [3.63, 3.8) is 0 Å². The van der Waals surface area contributed by atoms with Gasteiger partial charge in [-0.2, -0.15) is 13.2 Å². The number of alkyl halides is 3. The van der Waals surface area contributed by atoms with Crippen LogP contribution in [0.4, 0.5) is 28.0 Å². The largest absolute Gasteiger partial charge is 0.394 e. The van der Waals surface area contributed by atoms with Gasteiger partial charge in [-0.3, -0.25) is 0 Å². The molecule has 1 atom stereocenters. The maximum Gasteiger partial charge on any atom is 0.390 e. The van der Waals surface area contributed by atoms with Gasteiger partial charge in [-0.25, -0.2) is 9.18 Å². The summed E-state index contributed by atoms with van der Waals surface area (Å²) in [5, 5.41) is 20.3. The summed E-state index contributed by atoms with van der Waals surface area (Å²) in [4.78, 5) is 12.7. The minimum Gasteiger partial charge on any atom is -0.394 e. The molecule has 0 fully saturated rings. The Morgan fingerprint density at radius 1 is 1.39 bits per heavy atom. The van der Waals surface area contributed by atoms with Crippen molar-refractivity contribution in [2.45, 2.75) is 25.6 Å². The highest BCUT2D eigenvalue weighted by Gasteiger charge is 2.29. The van der Waals surface area contributed by atoms with Crippen molar-refractivity contribution in [1.82, 2.24) is 4.90 Å². The van der Waals surface area contributed by atoms with Gasteiger partial charge in [-0.15, -0.1) is 0 Å². The maximum absolute atomic E-state index is 13.7. The Hall–Kier alpha value is -1.87. The molecule has 1 aromatic rings. The van der Waals surface area contributed by atoms with E-state index in [0.717, 1.165) is 6.07 Å². The Balaban J connectivity index is 2.80. The third kappa shape index (κ3) is 6.83. The molecule has 0 radical (unpaired) electrons. The first kappa shape index (κ1) is 19.2. The van der Waals surface area contributed by atoms with Crippen molar-refractivity contribution >= 4 is 11.7 Å². The van der Waals surface area contributed by atoms with E-state index in [1.54, 1.807) is 6.92 Å². The van der Waals surface area contributed by atoms with E-state index in [-0.39, 0.29) is 5.69 Å². The zero-order chi connectivity index (χ0) is 17.6. The van der Waals surface area contributed by atoms with E-state index in [9.17, 15) is 27.5 Å². The average molecular weight is 338 g/mol. The average Bonchev–Trinajstić information content (AvgIpc) is 2.44. The molecule has 0 bridgehead atoms. The molecule has 3 N–H and O–H groups in total. The number of hydrogen-bond acceptors (Lipinski definition) is 3. The summed E-state index contributed by atoms with van der Waals surface area (Å²) in [6.45, 7) is -0.303. The normalized spacial score (nSPS) is 12.8. The zero-order valence-electron chi connectivity index (χ0n) is 12.4. The maximum atomic E-state index is 13.7. The number of aliphatic hydroxyl groups is 2. The number of urea groups is 1. The van der Waals surface area contributed by atoms with E-state index in [1.807, 2.05) is 0 Å². The van der Waals surface area contributed by atoms with Crippen LogP contribution in [0.2, 0.25) is 0 Å². The van der Waals surface area contributed by atoms with Crippen molar-refractivity contribution in [1.29, 1.82) is 0 Å². The second-order valence-corrected chi connectivity index (χ2v) is 5.06. The number of nitrogens with zero attached hydrogens (tertiary/aromatic N) is 1. The van der Waals surface area contributed by atoms with Crippen LogP contribution in [-0.4, -0.2) is 53.1 Å². The lowest BCUT2D eigenvalue weighted by Gasteiger charge is -2.25. The standard InChI is InChI=1S/C14H18F4N2O3/c1-9-2-3-12(11(15)6-9)19-13(23)20(7-10(22)8-21)5-4-14(16,17)18/h2-3,6,10,21-22H,4-5,7-8H2,1H3,(H,19,23)/t10-/m0/s1. The van der Waals surface area contributed by atoms with Crippen LogP contribution in [0.25, 0.3) is 0 Å². The number of aliphatic hydroxyl groups excluding tert-OH is 2. The van der Waals surface area contributed by atoms with Crippen LogP contribution >= 0.6 is 0 Å². The second-order valence-electron chi connectivity index (χ2n) is 5.06. The Morgan fingerprint density at radius 3 is 2.57 bits per heavy atom. The summed E-state index contributed by atoms with van der Waals surface area (Å²) in [6, 6.07) is 2.98. The smallest absolute Gasteiger partial charge is 0.390 e. The molecule has 0 saturated carbocycles. The summed E-state index contributed by atoms with van der Waals surface area (Å²) in [7, 11) is 0. The number of anilines is 1. The van der Waals surface area contributed by atoms with Crippen molar-refractivity contribution < 1.29 is 32.6 Å². The number of carbonyl (C=O) groups is 1. The summed E-state index contributed by atoms with van der Waals surface area (Å²) in [6.07, 6.45) is -7.16. The van der Waals surface area contributed by atoms with Crippen LogP contribution in [0.15, 0.2) is 18.2 Å². The lowest BCUT2D eigenvalue weighted by atomic mass is 10.2. The molecule has 9 heteroatoms. The molecule has 0 heterocycles. The minimum absolute atomic E-state index is 0.184. The third-order valence-electron chi connectivity index (χ3n) is 2.96. The molecular formula is C14H18F4N2O3. The molecule has 0 aliphatic rings. The van der Waals surface area contributed by atoms with E-state index in [4.69, 9.17) is 5.11 Å².